The zero-order valence-corrected chi connectivity index (χ0v) is 19.7. The number of hydrogen-bond donors (Lipinski definition) is 2. The Kier molecular flexibility index (Phi) is 6.19. The lowest BCUT2D eigenvalue weighted by molar-refractivity contribution is 0.373. The lowest BCUT2D eigenvalue weighted by Gasteiger charge is -2.05. The fraction of sp³-hybridized carbons (Fsp3) is 0.0690. The van der Waals surface area contributed by atoms with E-state index in [2.05, 4.69) is 16.1 Å². The number of methoxy groups -OCH3 is 2. The number of aromatic nitrogens is 1. The zero-order chi connectivity index (χ0) is 25.1. The molecule has 36 heavy (non-hydrogen) atoms. The number of phenols is 2. The Morgan fingerprint density at radius 1 is 0.611 bits per heavy atom. The molecule has 1 aromatic heterocycles. The first-order valence-electron chi connectivity index (χ1n) is 11.2. The number of fused-ring (bicyclic) bond motifs is 2. The van der Waals surface area contributed by atoms with Crippen molar-refractivity contribution in [3.63, 3.8) is 0 Å². The second-order valence-electron chi connectivity index (χ2n) is 8.12. The minimum atomic E-state index is 0.0860. The summed E-state index contributed by atoms with van der Waals surface area (Å²) in [6.07, 6.45) is 3.44. The van der Waals surface area contributed by atoms with Crippen LogP contribution in [0.2, 0.25) is 0 Å². The molecule has 1 heterocycles. The highest BCUT2D eigenvalue weighted by Crippen LogP contribution is 2.29. The van der Waals surface area contributed by atoms with Crippen LogP contribution in [0.5, 0.6) is 23.0 Å². The summed E-state index contributed by atoms with van der Waals surface area (Å²) in [6, 6.07) is 24.0. The molecule has 0 amide bonds. The van der Waals surface area contributed by atoms with E-state index >= 15 is 0 Å². The number of rotatable bonds is 6. The summed E-state index contributed by atoms with van der Waals surface area (Å²) < 4.78 is 10.3. The second kappa shape index (κ2) is 9.76. The second-order valence-corrected chi connectivity index (χ2v) is 8.12. The van der Waals surface area contributed by atoms with Crippen LogP contribution in [0.4, 0.5) is 11.4 Å². The van der Waals surface area contributed by atoms with Crippen LogP contribution < -0.4 is 9.47 Å². The molecule has 4 aromatic carbocycles. The van der Waals surface area contributed by atoms with Crippen molar-refractivity contribution < 1.29 is 19.7 Å². The third-order valence-electron chi connectivity index (χ3n) is 5.71. The van der Waals surface area contributed by atoms with E-state index in [4.69, 9.17) is 14.5 Å². The maximum Gasteiger partial charge on any atom is 0.161 e. The van der Waals surface area contributed by atoms with Crippen molar-refractivity contribution in [3.05, 3.63) is 90.0 Å². The molecular weight excluding hydrogens is 454 g/mol. The summed E-state index contributed by atoms with van der Waals surface area (Å²) in [4.78, 5) is 14.0. The Hall–Kier alpha value is -4.91. The van der Waals surface area contributed by atoms with Gasteiger partial charge in [0.1, 0.15) is 0 Å². The fourth-order valence-electron chi connectivity index (χ4n) is 3.81. The summed E-state index contributed by atoms with van der Waals surface area (Å²) in [5, 5.41) is 21.6. The number of hydrogen-bond acceptors (Lipinski definition) is 7. The van der Waals surface area contributed by atoms with Gasteiger partial charge in [0.25, 0.3) is 0 Å². The van der Waals surface area contributed by atoms with Gasteiger partial charge in [-0.3, -0.25) is 9.98 Å². The van der Waals surface area contributed by atoms with Crippen LogP contribution in [0.15, 0.2) is 88.8 Å². The first-order chi connectivity index (χ1) is 17.5. The van der Waals surface area contributed by atoms with Gasteiger partial charge in [-0.25, -0.2) is 4.98 Å². The van der Waals surface area contributed by atoms with E-state index in [1.54, 1.807) is 48.8 Å². The van der Waals surface area contributed by atoms with Crippen LogP contribution >= 0.6 is 0 Å². The first-order valence-corrected chi connectivity index (χ1v) is 11.2. The predicted molar refractivity (Wildman–Crippen MR) is 143 cm³/mol. The molecule has 0 fully saturated rings. The molecule has 0 aliphatic heterocycles. The van der Waals surface area contributed by atoms with Gasteiger partial charge in [-0.2, -0.15) is 0 Å². The van der Waals surface area contributed by atoms with Crippen LogP contribution in [-0.2, 0) is 0 Å². The molecule has 7 nitrogen and oxygen atoms in total. The zero-order valence-electron chi connectivity index (χ0n) is 19.7. The van der Waals surface area contributed by atoms with Crippen molar-refractivity contribution in [1.82, 2.24) is 4.98 Å². The minimum absolute atomic E-state index is 0.0860. The van der Waals surface area contributed by atoms with Crippen molar-refractivity contribution in [2.75, 3.05) is 14.2 Å². The lowest BCUT2D eigenvalue weighted by Crippen LogP contribution is -1.87. The molecule has 0 aliphatic carbocycles. The molecule has 5 rings (SSSR count). The molecule has 0 spiro atoms. The highest BCUT2D eigenvalue weighted by molar-refractivity contribution is 5.95. The molecule has 0 aliphatic rings. The number of ether oxygens (including phenoxy) is 2. The van der Waals surface area contributed by atoms with E-state index in [1.807, 2.05) is 36.4 Å². The van der Waals surface area contributed by atoms with Crippen molar-refractivity contribution in [3.8, 4) is 23.0 Å². The van der Waals surface area contributed by atoms with Gasteiger partial charge in [0.05, 0.1) is 36.6 Å². The van der Waals surface area contributed by atoms with Crippen molar-refractivity contribution in [2.24, 2.45) is 9.98 Å². The van der Waals surface area contributed by atoms with Gasteiger partial charge < -0.3 is 19.7 Å². The maximum atomic E-state index is 9.77. The Balaban J connectivity index is 1.43. The molecule has 0 bridgehead atoms. The smallest absolute Gasteiger partial charge is 0.161 e. The third kappa shape index (κ3) is 4.81. The Bertz CT molecular complexity index is 1530. The maximum absolute atomic E-state index is 9.77. The molecule has 2 N–H and O–H groups in total. The number of nitrogens with zero attached hydrogens (tertiary/aromatic N) is 3. The van der Waals surface area contributed by atoms with E-state index in [1.165, 1.54) is 14.2 Å². The van der Waals surface area contributed by atoms with Gasteiger partial charge in [-0.15, -0.1) is 0 Å². The summed E-state index contributed by atoms with van der Waals surface area (Å²) in [6.45, 7) is 0. The van der Waals surface area contributed by atoms with E-state index in [9.17, 15) is 10.2 Å². The average molecular weight is 478 g/mol. The van der Waals surface area contributed by atoms with Crippen molar-refractivity contribution in [1.29, 1.82) is 0 Å². The number of aliphatic imine (C=N–C) groups is 2. The van der Waals surface area contributed by atoms with Gasteiger partial charge in [0.15, 0.2) is 23.0 Å². The molecule has 0 saturated heterocycles. The minimum Gasteiger partial charge on any atom is -0.504 e. The van der Waals surface area contributed by atoms with Crippen LogP contribution in [0.25, 0.3) is 21.8 Å². The fourth-order valence-corrected chi connectivity index (χ4v) is 3.81. The quantitative estimate of drug-likeness (QED) is 0.220. The van der Waals surface area contributed by atoms with Gasteiger partial charge in [-0.05, 0) is 77.9 Å². The monoisotopic (exact) mass is 477 g/mol. The SMILES string of the molecule is COc1cc(C=Nc2ccc3cc4ccc(N=Cc5ccc(O)c(OC)c5)cc4nc3c2)ccc1O. The Morgan fingerprint density at radius 2 is 1.08 bits per heavy atom. The third-order valence-corrected chi connectivity index (χ3v) is 5.71. The first kappa shape index (κ1) is 22.9. The van der Waals surface area contributed by atoms with Crippen molar-refractivity contribution in [2.45, 2.75) is 0 Å². The molecular formula is C29H23N3O4. The molecule has 0 saturated carbocycles. The number of aromatic hydroxyl groups is 2. The van der Waals surface area contributed by atoms with Crippen LogP contribution in [0.3, 0.4) is 0 Å². The molecule has 0 atom stereocenters. The van der Waals surface area contributed by atoms with E-state index in [0.29, 0.717) is 11.5 Å². The van der Waals surface area contributed by atoms with E-state index < -0.39 is 0 Å². The molecule has 5 aromatic rings. The summed E-state index contributed by atoms with van der Waals surface area (Å²) in [7, 11) is 3.02. The van der Waals surface area contributed by atoms with Crippen LogP contribution in [0, 0.1) is 0 Å². The molecule has 0 radical (unpaired) electrons. The van der Waals surface area contributed by atoms with E-state index in [-0.39, 0.29) is 11.5 Å². The molecule has 7 heteroatoms. The lowest BCUT2D eigenvalue weighted by atomic mass is 10.1. The Labute approximate surface area is 207 Å². The van der Waals surface area contributed by atoms with E-state index in [0.717, 1.165) is 44.3 Å². The number of benzene rings is 4. The normalized spacial score (nSPS) is 11.6. The largest absolute Gasteiger partial charge is 0.504 e. The number of pyridine rings is 1. The van der Waals surface area contributed by atoms with Gasteiger partial charge in [0.2, 0.25) is 0 Å². The van der Waals surface area contributed by atoms with Gasteiger partial charge in [-0.1, -0.05) is 12.1 Å². The summed E-state index contributed by atoms with van der Waals surface area (Å²) in [5.74, 6) is 0.966. The topological polar surface area (TPSA) is 96.5 Å². The highest BCUT2D eigenvalue weighted by Gasteiger charge is 2.05. The van der Waals surface area contributed by atoms with Gasteiger partial charge in [0, 0.05) is 23.2 Å². The molecule has 178 valence electrons. The average Bonchev–Trinajstić information content (AvgIpc) is 2.90. The van der Waals surface area contributed by atoms with Gasteiger partial charge >= 0.3 is 0 Å². The number of phenolic OH excluding ortho intramolecular Hbond substituents is 2. The van der Waals surface area contributed by atoms with Crippen LogP contribution in [0.1, 0.15) is 11.1 Å². The predicted octanol–water partition coefficient (Wildman–Crippen LogP) is 6.32. The summed E-state index contributed by atoms with van der Waals surface area (Å²) in [5.41, 5.74) is 4.79. The van der Waals surface area contributed by atoms with Crippen LogP contribution in [-0.4, -0.2) is 41.8 Å². The molecule has 0 unspecified atom stereocenters. The standard InChI is InChI=1S/C29H23N3O4/c1-35-28-11-18(3-9-26(28)33)16-30-22-7-5-20-13-21-6-8-23(15-25(21)32-24(20)14-22)31-17-19-4-10-27(34)29(12-19)36-2/h3-17,33-34H,1-2H3. The summed E-state index contributed by atoms with van der Waals surface area (Å²) >= 11 is 0. The van der Waals surface area contributed by atoms with Crippen molar-refractivity contribution >= 4 is 45.6 Å². The Morgan fingerprint density at radius 3 is 1.53 bits per heavy atom. The highest BCUT2D eigenvalue weighted by atomic mass is 16.5.